The average molecular weight is 776 g/mol. The molecule has 0 aliphatic heterocycles. The molecule has 1 heterocycles. The molecule has 0 radical (unpaired) electrons. The molecule has 0 bridgehead atoms. The van der Waals surface area contributed by atoms with Crippen molar-refractivity contribution in [1.29, 1.82) is 0 Å². The summed E-state index contributed by atoms with van der Waals surface area (Å²) in [5, 5.41) is 4.55. The minimum absolute atomic E-state index is 0.449. The fourth-order valence-electron chi connectivity index (χ4n) is 10.7. The highest BCUT2D eigenvalue weighted by Gasteiger charge is 2.52. The van der Waals surface area contributed by atoms with E-state index >= 15 is 0 Å². The van der Waals surface area contributed by atoms with Crippen molar-refractivity contribution < 1.29 is 4.42 Å². The summed E-state index contributed by atoms with van der Waals surface area (Å²) in [6.45, 7) is 0. The molecule has 0 fully saturated rings. The van der Waals surface area contributed by atoms with Crippen molar-refractivity contribution in [3.63, 3.8) is 0 Å². The Morgan fingerprint density at radius 1 is 0.344 bits per heavy atom. The largest absolute Gasteiger partial charge is 0.455 e. The Bertz CT molecular complexity index is 3490. The van der Waals surface area contributed by atoms with Crippen LogP contribution in [0.2, 0.25) is 0 Å². The van der Waals surface area contributed by atoms with Crippen molar-refractivity contribution in [2.24, 2.45) is 0 Å². The molecule has 11 aromatic rings. The van der Waals surface area contributed by atoms with Crippen LogP contribution in [0.25, 0.3) is 77.2 Å². The molecule has 61 heavy (non-hydrogen) atoms. The minimum atomic E-state index is -0.449. The summed E-state index contributed by atoms with van der Waals surface area (Å²) in [7, 11) is 0. The first-order valence-electron chi connectivity index (χ1n) is 21.1. The van der Waals surface area contributed by atoms with Crippen molar-refractivity contribution in [3.8, 4) is 44.5 Å². The Kier molecular flexibility index (Phi) is 7.26. The van der Waals surface area contributed by atoms with Gasteiger partial charge in [-0.2, -0.15) is 0 Å². The first-order valence-corrected chi connectivity index (χ1v) is 21.1. The summed E-state index contributed by atoms with van der Waals surface area (Å²) < 4.78 is 6.59. The monoisotopic (exact) mass is 775 g/mol. The number of furan rings is 1. The molecule has 2 aliphatic carbocycles. The van der Waals surface area contributed by atoms with Crippen molar-refractivity contribution in [1.82, 2.24) is 0 Å². The van der Waals surface area contributed by atoms with E-state index in [1.165, 1.54) is 61.0 Å². The number of hydrogen-bond acceptors (Lipinski definition) is 2. The van der Waals surface area contributed by atoms with E-state index in [-0.39, 0.29) is 0 Å². The SMILES string of the molecule is c1ccc(-c2ccc(N(c3ccccc3-c3ccc4oc5c6ccccc6ccc5c4c3)c3cccc4c3-c3ccccc3C43c4ccccc4-c4ccccc43)cc2)cc1. The van der Waals surface area contributed by atoms with Crippen LogP contribution in [0, 0.1) is 0 Å². The van der Waals surface area contributed by atoms with Crippen LogP contribution in [0.1, 0.15) is 22.3 Å². The molecular formula is C59H37NO. The van der Waals surface area contributed by atoms with Gasteiger partial charge in [0.25, 0.3) is 0 Å². The molecule has 10 aromatic carbocycles. The molecular weight excluding hydrogens is 739 g/mol. The highest BCUT2D eigenvalue weighted by molar-refractivity contribution is 6.16. The third-order valence-corrected chi connectivity index (χ3v) is 13.3. The van der Waals surface area contributed by atoms with Gasteiger partial charge in [0, 0.05) is 33.0 Å². The number of nitrogens with zero attached hydrogens (tertiary/aromatic N) is 1. The summed E-state index contributed by atoms with van der Waals surface area (Å²) >= 11 is 0. The molecule has 0 saturated carbocycles. The predicted molar refractivity (Wildman–Crippen MR) is 253 cm³/mol. The third kappa shape index (κ3) is 4.79. The topological polar surface area (TPSA) is 16.4 Å². The first kappa shape index (κ1) is 34.0. The maximum atomic E-state index is 6.59. The molecule has 1 aromatic heterocycles. The van der Waals surface area contributed by atoms with Gasteiger partial charge in [-0.25, -0.2) is 0 Å². The van der Waals surface area contributed by atoms with Gasteiger partial charge in [0.1, 0.15) is 11.2 Å². The van der Waals surface area contributed by atoms with Crippen molar-refractivity contribution in [2.75, 3.05) is 4.90 Å². The second-order valence-corrected chi connectivity index (χ2v) is 16.3. The molecule has 0 amide bonds. The first-order chi connectivity index (χ1) is 30.3. The standard InChI is InChI=1S/C59H37NO/c1-2-15-38(16-3-1)39-29-33-42(34-30-39)60(54-27-13-9-18-43(54)41-32-36-56-49(37-41)47-35-31-40-17-4-5-19-44(40)58(47)61-56)55-28-14-26-53-57(55)48-22-8-12-25-52(48)59(53)50-23-10-6-20-45(50)46-21-7-11-24-51(46)59/h1-37H. The van der Waals surface area contributed by atoms with Crippen LogP contribution in [-0.2, 0) is 5.41 Å². The molecule has 0 unspecified atom stereocenters. The highest BCUT2D eigenvalue weighted by atomic mass is 16.3. The van der Waals surface area contributed by atoms with Crippen LogP contribution in [0.3, 0.4) is 0 Å². The molecule has 2 heteroatoms. The summed E-state index contributed by atoms with van der Waals surface area (Å²) in [6.07, 6.45) is 0. The van der Waals surface area contributed by atoms with Crippen LogP contribution in [-0.4, -0.2) is 0 Å². The van der Waals surface area contributed by atoms with Gasteiger partial charge in [-0.15, -0.1) is 0 Å². The number of fused-ring (bicyclic) bond motifs is 15. The van der Waals surface area contributed by atoms with Gasteiger partial charge in [-0.05, 0) is 103 Å². The normalized spacial score (nSPS) is 13.0. The Morgan fingerprint density at radius 2 is 0.918 bits per heavy atom. The summed E-state index contributed by atoms with van der Waals surface area (Å²) in [5.74, 6) is 0. The quantitative estimate of drug-likeness (QED) is 0.173. The lowest BCUT2D eigenvalue weighted by atomic mass is 9.70. The van der Waals surface area contributed by atoms with Gasteiger partial charge in [-0.3, -0.25) is 0 Å². The molecule has 2 nitrogen and oxygen atoms in total. The lowest BCUT2D eigenvalue weighted by Crippen LogP contribution is -2.26. The molecule has 0 saturated heterocycles. The Labute approximate surface area is 354 Å². The zero-order valence-electron chi connectivity index (χ0n) is 33.2. The maximum Gasteiger partial charge on any atom is 0.143 e. The van der Waals surface area contributed by atoms with E-state index in [1.54, 1.807) is 0 Å². The van der Waals surface area contributed by atoms with Gasteiger partial charge >= 0.3 is 0 Å². The van der Waals surface area contributed by atoms with E-state index in [0.29, 0.717) is 0 Å². The maximum absolute atomic E-state index is 6.59. The van der Waals surface area contributed by atoms with E-state index in [0.717, 1.165) is 55.5 Å². The second-order valence-electron chi connectivity index (χ2n) is 16.3. The number of anilines is 3. The average Bonchev–Trinajstić information content (AvgIpc) is 3.97. The Morgan fingerprint density at radius 3 is 1.69 bits per heavy atom. The molecule has 1 spiro atoms. The van der Waals surface area contributed by atoms with E-state index in [9.17, 15) is 0 Å². The van der Waals surface area contributed by atoms with Crippen molar-refractivity contribution in [2.45, 2.75) is 5.41 Å². The third-order valence-electron chi connectivity index (χ3n) is 13.3. The van der Waals surface area contributed by atoms with E-state index in [1.807, 2.05) is 0 Å². The molecule has 13 rings (SSSR count). The number of para-hydroxylation sites is 1. The molecule has 284 valence electrons. The Balaban J connectivity index is 1.07. The predicted octanol–water partition coefficient (Wildman–Crippen LogP) is 15.9. The number of benzene rings is 10. The molecule has 0 atom stereocenters. The lowest BCUT2D eigenvalue weighted by Gasteiger charge is -2.32. The fourth-order valence-corrected chi connectivity index (χ4v) is 10.7. The summed E-state index contributed by atoms with van der Waals surface area (Å²) in [5.41, 5.74) is 19.8. The van der Waals surface area contributed by atoms with Crippen LogP contribution in [0.5, 0.6) is 0 Å². The van der Waals surface area contributed by atoms with Crippen LogP contribution in [0.4, 0.5) is 17.1 Å². The van der Waals surface area contributed by atoms with Crippen LogP contribution in [0.15, 0.2) is 229 Å². The van der Waals surface area contributed by atoms with Gasteiger partial charge in [0.05, 0.1) is 16.8 Å². The van der Waals surface area contributed by atoms with Crippen LogP contribution >= 0.6 is 0 Å². The lowest BCUT2D eigenvalue weighted by molar-refractivity contribution is 0.672. The van der Waals surface area contributed by atoms with Gasteiger partial charge < -0.3 is 9.32 Å². The molecule has 2 aliphatic rings. The second kappa shape index (κ2) is 13.0. The van der Waals surface area contributed by atoms with Crippen molar-refractivity contribution >= 4 is 49.8 Å². The summed E-state index contributed by atoms with van der Waals surface area (Å²) in [6, 6.07) is 82.3. The Hall–Kier alpha value is -7.94. The van der Waals surface area contributed by atoms with Crippen LogP contribution < -0.4 is 4.90 Å². The zero-order chi connectivity index (χ0) is 40.1. The highest BCUT2D eigenvalue weighted by Crippen LogP contribution is 2.64. The van der Waals surface area contributed by atoms with Gasteiger partial charge in [0.15, 0.2) is 0 Å². The van der Waals surface area contributed by atoms with Gasteiger partial charge in [0.2, 0.25) is 0 Å². The fraction of sp³-hybridized carbons (Fsp3) is 0.0169. The van der Waals surface area contributed by atoms with E-state index < -0.39 is 5.41 Å². The van der Waals surface area contributed by atoms with Crippen molar-refractivity contribution in [3.05, 3.63) is 247 Å². The van der Waals surface area contributed by atoms with E-state index in [4.69, 9.17) is 4.42 Å². The summed E-state index contributed by atoms with van der Waals surface area (Å²) in [4.78, 5) is 2.50. The molecule has 0 N–H and O–H groups in total. The number of rotatable bonds is 5. The van der Waals surface area contributed by atoms with E-state index in [2.05, 4.69) is 229 Å². The zero-order valence-corrected chi connectivity index (χ0v) is 33.2. The smallest absolute Gasteiger partial charge is 0.143 e. The minimum Gasteiger partial charge on any atom is -0.455 e. The van der Waals surface area contributed by atoms with Gasteiger partial charge in [-0.1, -0.05) is 182 Å². The number of hydrogen-bond donors (Lipinski definition) is 0.